The smallest absolute Gasteiger partial charge is 0.302 e. The molecular formula is C17H19Cl3N4O5. The van der Waals surface area contributed by atoms with Gasteiger partial charge < -0.3 is 18.9 Å². The molecule has 0 bridgehead atoms. The van der Waals surface area contributed by atoms with Gasteiger partial charge in [-0.15, -0.1) is 0 Å². The summed E-state index contributed by atoms with van der Waals surface area (Å²) in [6.07, 6.45) is -2.32. The van der Waals surface area contributed by atoms with E-state index in [-0.39, 0.29) is 19.6 Å². The number of ether oxygens (including phenoxy) is 4. The van der Waals surface area contributed by atoms with Gasteiger partial charge in [-0.05, 0) is 11.1 Å². The molecule has 1 N–H and O–H groups in total. The number of nitrogens with one attached hydrogen (secondary N) is 1. The number of benzene rings is 1. The molecule has 1 fully saturated rings. The second kappa shape index (κ2) is 10.9. The number of halogens is 3. The van der Waals surface area contributed by atoms with E-state index >= 15 is 0 Å². The predicted octanol–water partition coefficient (Wildman–Crippen LogP) is 4.29. The van der Waals surface area contributed by atoms with Crippen molar-refractivity contribution in [3.8, 4) is 0 Å². The highest BCUT2D eigenvalue weighted by molar-refractivity contribution is 6.76. The Morgan fingerprint density at radius 3 is 2.66 bits per heavy atom. The van der Waals surface area contributed by atoms with Gasteiger partial charge in [-0.25, -0.2) is 0 Å². The van der Waals surface area contributed by atoms with Crippen molar-refractivity contribution in [1.29, 1.82) is 5.41 Å². The molecule has 1 heterocycles. The molecule has 0 amide bonds. The lowest BCUT2D eigenvalue weighted by Crippen LogP contribution is -2.52. The number of rotatable bonds is 7. The van der Waals surface area contributed by atoms with E-state index in [1.165, 1.54) is 6.92 Å². The van der Waals surface area contributed by atoms with Gasteiger partial charge in [0, 0.05) is 18.3 Å². The first-order valence-electron chi connectivity index (χ1n) is 8.51. The molecule has 2 unspecified atom stereocenters. The zero-order valence-electron chi connectivity index (χ0n) is 15.3. The van der Waals surface area contributed by atoms with E-state index in [1.807, 2.05) is 30.3 Å². The summed E-state index contributed by atoms with van der Waals surface area (Å²) in [5.41, 5.74) is 9.87. The number of hydrogen-bond donors (Lipinski definition) is 1. The van der Waals surface area contributed by atoms with Crippen LogP contribution in [0.4, 0.5) is 0 Å². The molecule has 0 radical (unpaired) electrons. The van der Waals surface area contributed by atoms with Crippen molar-refractivity contribution < 1.29 is 23.7 Å². The Morgan fingerprint density at radius 2 is 2.07 bits per heavy atom. The van der Waals surface area contributed by atoms with E-state index in [2.05, 4.69) is 10.0 Å². The summed E-state index contributed by atoms with van der Waals surface area (Å²) in [5.74, 6) is -1.19. The van der Waals surface area contributed by atoms with E-state index in [0.29, 0.717) is 0 Å². The van der Waals surface area contributed by atoms with Crippen molar-refractivity contribution in [3.05, 3.63) is 46.3 Å². The average molecular weight is 466 g/mol. The SMILES string of the molecule is CC(=O)OCC1C[C@@H](OCc2ccccc2)C(N=[N+]=[N-])[C@H](OC(=N)C(Cl)(Cl)Cl)O1. The number of carbonyl (C=O) groups excluding carboxylic acids is 1. The van der Waals surface area contributed by atoms with Crippen molar-refractivity contribution in [2.24, 2.45) is 5.11 Å². The van der Waals surface area contributed by atoms with Crippen LogP contribution in [-0.2, 0) is 30.3 Å². The maximum atomic E-state index is 11.1. The number of hydrogen-bond acceptors (Lipinski definition) is 7. The highest BCUT2D eigenvalue weighted by Crippen LogP contribution is 2.32. The van der Waals surface area contributed by atoms with Crippen LogP contribution in [0.3, 0.4) is 0 Å². The van der Waals surface area contributed by atoms with Gasteiger partial charge in [0.25, 0.3) is 3.79 Å². The van der Waals surface area contributed by atoms with Gasteiger partial charge in [-0.3, -0.25) is 10.2 Å². The molecule has 1 saturated heterocycles. The molecule has 0 saturated carbocycles. The van der Waals surface area contributed by atoms with Crippen LogP contribution < -0.4 is 0 Å². The molecule has 12 heteroatoms. The fourth-order valence-electron chi connectivity index (χ4n) is 2.63. The Labute approximate surface area is 182 Å². The highest BCUT2D eigenvalue weighted by Gasteiger charge is 2.43. The fourth-order valence-corrected chi connectivity index (χ4v) is 2.76. The van der Waals surface area contributed by atoms with Crippen molar-refractivity contribution >= 4 is 46.7 Å². The Morgan fingerprint density at radius 1 is 1.38 bits per heavy atom. The quantitative estimate of drug-likeness (QED) is 0.122. The molecule has 29 heavy (non-hydrogen) atoms. The zero-order valence-corrected chi connectivity index (χ0v) is 17.6. The maximum Gasteiger partial charge on any atom is 0.302 e. The van der Waals surface area contributed by atoms with Gasteiger partial charge in [0.05, 0.1) is 18.8 Å². The van der Waals surface area contributed by atoms with Crippen molar-refractivity contribution in [2.75, 3.05) is 6.61 Å². The lowest BCUT2D eigenvalue weighted by Gasteiger charge is -2.39. The fraction of sp³-hybridized carbons (Fsp3) is 0.529. The first kappa shape index (κ1) is 23.5. The molecule has 1 aromatic carbocycles. The van der Waals surface area contributed by atoms with Crippen LogP contribution >= 0.6 is 34.8 Å². The first-order chi connectivity index (χ1) is 13.7. The maximum absolute atomic E-state index is 11.1. The second-order valence-corrected chi connectivity index (χ2v) is 8.42. The summed E-state index contributed by atoms with van der Waals surface area (Å²) in [7, 11) is 0. The van der Waals surface area contributed by atoms with E-state index in [1.54, 1.807) is 0 Å². The minimum atomic E-state index is -2.13. The van der Waals surface area contributed by atoms with Crippen LogP contribution in [0.1, 0.15) is 18.9 Å². The van der Waals surface area contributed by atoms with Crippen LogP contribution in [0.15, 0.2) is 35.4 Å². The molecule has 0 aliphatic carbocycles. The second-order valence-electron chi connectivity index (χ2n) is 6.14. The Balaban J connectivity index is 2.19. The standard InChI is InChI=1S/C17H19Cl3N4O5/c1-10(25)26-9-12-7-13(27-8-11-5-3-2-4-6-11)14(23-24-22)15(28-12)29-16(21)17(18,19)20/h2-6,12-15,21H,7-9H2,1H3/t12?,13-,14?,15+/m1/s1. The zero-order chi connectivity index (χ0) is 21.4. The van der Waals surface area contributed by atoms with Crippen LogP contribution in [-0.4, -0.2) is 46.8 Å². The number of alkyl halides is 3. The van der Waals surface area contributed by atoms with Gasteiger partial charge in [0.15, 0.2) is 0 Å². The van der Waals surface area contributed by atoms with E-state index in [4.69, 9.17) is 64.7 Å². The molecule has 1 aliphatic heterocycles. The van der Waals surface area contributed by atoms with Crippen LogP contribution in [0.25, 0.3) is 10.4 Å². The van der Waals surface area contributed by atoms with Gasteiger partial charge in [0.2, 0.25) is 12.2 Å². The minimum absolute atomic E-state index is 0.0789. The third kappa shape index (κ3) is 7.54. The van der Waals surface area contributed by atoms with Gasteiger partial charge in [-0.1, -0.05) is 70.2 Å². The van der Waals surface area contributed by atoms with E-state index in [0.717, 1.165) is 5.56 Å². The van der Waals surface area contributed by atoms with Gasteiger partial charge in [-0.2, -0.15) is 0 Å². The van der Waals surface area contributed by atoms with Crippen molar-refractivity contribution in [1.82, 2.24) is 0 Å². The van der Waals surface area contributed by atoms with Crippen molar-refractivity contribution in [3.63, 3.8) is 0 Å². The minimum Gasteiger partial charge on any atom is -0.463 e. The lowest BCUT2D eigenvalue weighted by molar-refractivity contribution is -0.215. The molecular weight excluding hydrogens is 447 g/mol. The molecule has 9 nitrogen and oxygen atoms in total. The first-order valence-corrected chi connectivity index (χ1v) is 9.65. The number of carbonyl (C=O) groups is 1. The molecule has 1 aromatic rings. The molecule has 4 atom stereocenters. The Kier molecular flexibility index (Phi) is 8.82. The molecule has 2 rings (SSSR count). The van der Waals surface area contributed by atoms with E-state index in [9.17, 15) is 4.79 Å². The summed E-state index contributed by atoms with van der Waals surface area (Å²) in [5, 5.41) is 11.5. The summed E-state index contributed by atoms with van der Waals surface area (Å²) < 4.78 is 19.8. The number of nitrogens with zero attached hydrogens (tertiary/aromatic N) is 3. The Bertz CT molecular complexity index is 755. The Hall–Kier alpha value is -1.74. The average Bonchev–Trinajstić information content (AvgIpc) is 2.66. The van der Waals surface area contributed by atoms with Crippen LogP contribution in [0, 0.1) is 5.41 Å². The van der Waals surface area contributed by atoms with Gasteiger partial charge >= 0.3 is 5.97 Å². The summed E-state index contributed by atoms with van der Waals surface area (Å²) in [6.45, 7) is 1.42. The van der Waals surface area contributed by atoms with Crippen LogP contribution in [0.5, 0.6) is 0 Å². The highest BCUT2D eigenvalue weighted by atomic mass is 35.6. The number of esters is 1. The molecule has 0 aromatic heterocycles. The topological polar surface area (TPSA) is 127 Å². The monoisotopic (exact) mass is 464 g/mol. The van der Waals surface area contributed by atoms with Crippen molar-refractivity contribution in [2.45, 2.75) is 48.3 Å². The lowest BCUT2D eigenvalue weighted by atomic mass is 10.0. The summed E-state index contributed by atoms with van der Waals surface area (Å²) in [6, 6.07) is 8.40. The van der Waals surface area contributed by atoms with Crippen LogP contribution in [0.2, 0.25) is 0 Å². The summed E-state index contributed by atoms with van der Waals surface area (Å²) in [4.78, 5) is 14.0. The van der Waals surface area contributed by atoms with E-state index < -0.39 is 40.2 Å². The normalized spacial score (nSPS) is 24.3. The summed E-state index contributed by atoms with van der Waals surface area (Å²) >= 11 is 17.0. The third-order valence-corrected chi connectivity index (χ3v) is 4.45. The molecule has 0 spiro atoms. The largest absolute Gasteiger partial charge is 0.463 e. The molecule has 1 aliphatic rings. The predicted molar refractivity (Wildman–Crippen MR) is 107 cm³/mol. The third-order valence-electron chi connectivity index (χ3n) is 3.94. The van der Waals surface area contributed by atoms with Gasteiger partial charge in [0.1, 0.15) is 12.6 Å². The number of azide groups is 1. The molecule has 158 valence electrons.